The van der Waals surface area contributed by atoms with Crippen LogP contribution >= 0.6 is 0 Å². The summed E-state index contributed by atoms with van der Waals surface area (Å²) in [5.41, 5.74) is 2.97. The van der Waals surface area contributed by atoms with Crippen molar-refractivity contribution in [2.24, 2.45) is 11.3 Å². The molecule has 0 aromatic heterocycles. The fourth-order valence-electron chi connectivity index (χ4n) is 3.68. The predicted molar refractivity (Wildman–Crippen MR) is 70.2 cm³/mol. The van der Waals surface area contributed by atoms with Gasteiger partial charge in [-0.25, -0.2) is 4.79 Å². The Balaban J connectivity index is 2.31. The number of fused-ring (bicyclic) bond motifs is 1. The Morgan fingerprint density at radius 3 is 2.78 bits per heavy atom. The van der Waals surface area contributed by atoms with Crippen LogP contribution < -0.4 is 0 Å². The van der Waals surface area contributed by atoms with E-state index in [1.807, 2.05) is 0 Å². The number of carbonyl (C=O) groups is 1. The number of carboxylic acids is 1. The number of rotatable bonds is 2. The molecule has 1 saturated carbocycles. The minimum Gasteiger partial charge on any atom is -0.478 e. The lowest BCUT2D eigenvalue weighted by Crippen LogP contribution is -2.40. The number of hydrogen-bond acceptors (Lipinski definition) is 2. The van der Waals surface area contributed by atoms with Crippen molar-refractivity contribution in [3.05, 3.63) is 23.3 Å². The van der Waals surface area contributed by atoms with E-state index in [0.29, 0.717) is 12.8 Å². The molecule has 0 radical (unpaired) electrons. The van der Waals surface area contributed by atoms with Crippen LogP contribution in [0.1, 0.15) is 46.0 Å². The maximum atomic E-state index is 11.0. The average Bonchev–Trinajstić information content (AvgIpc) is 2.26. The number of hydrogen-bond donors (Lipinski definition) is 2. The summed E-state index contributed by atoms with van der Waals surface area (Å²) >= 11 is 0. The zero-order valence-electron chi connectivity index (χ0n) is 11.2. The Bertz CT molecular complexity index is 421. The SMILES string of the molecule is C=C(C(=O)O)[C@@H]1CC2=C(C)CCC[C@@]2(C)C[C@@H]1O. The molecule has 2 N–H and O–H groups in total. The van der Waals surface area contributed by atoms with Crippen molar-refractivity contribution >= 4 is 5.97 Å². The van der Waals surface area contributed by atoms with E-state index in [0.717, 1.165) is 12.8 Å². The second kappa shape index (κ2) is 4.54. The fraction of sp³-hybridized carbons (Fsp3) is 0.667. The van der Waals surface area contributed by atoms with Gasteiger partial charge in [-0.15, -0.1) is 0 Å². The summed E-state index contributed by atoms with van der Waals surface area (Å²) in [5.74, 6) is -1.31. The predicted octanol–water partition coefficient (Wildman–Crippen LogP) is 2.90. The Labute approximate surface area is 108 Å². The van der Waals surface area contributed by atoms with Crippen molar-refractivity contribution in [2.75, 3.05) is 0 Å². The zero-order chi connectivity index (χ0) is 13.5. The lowest BCUT2D eigenvalue weighted by atomic mass is 9.60. The molecule has 0 heterocycles. The van der Waals surface area contributed by atoms with Crippen molar-refractivity contribution in [1.29, 1.82) is 0 Å². The normalized spacial score (nSPS) is 36.2. The van der Waals surface area contributed by atoms with Gasteiger partial charge in [0.05, 0.1) is 6.10 Å². The van der Waals surface area contributed by atoms with E-state index < -0.39 is 12.1 Å². The third-order valence-electron chi connectivity index (χ3n) is 4.79. The zero-order valence-corrected chi connectivity index (χ0v) is 11.2. The first-order valence-electron chi connectivity index (χ1n) is 6.64. The maximum Gasteiger partial charge on any atom is 0.331 e. The summed E-state index contributed by atoms with van der Waals surface area (Å²) in [5, 5.41) is 19.3. The average molecular weight is 250 g/mol. The van der Waals surface area contributed by atoms with Crippen LogP contribution in [0.5, 0.6) is 0 Å². The molecule has 2 rings (SSSR count). The first-order valence-corrected chi connectivity index (χ1v) is 6.64. The molecule has 0 unspecified atom stereocenters. The van der Waals surface area contributed by atoms with Gasteiger partial charge >= 0.3 is 5.97 Å². The van der Waals surface area contributed by atoms with E-state index in [1.54, 1.807) is 0 Å². The van der Waals surface area contributed by atoms with Gasteiger partial charge in [0.2, 0.25) is 0 Å². The van der Waals surface area contributed by atoms with Crippen LogP contribution in [0.3, 0.4) is 0 Å². The van der Waals surface area contributed by atoms with Crippen molar-refractivity contribution in [1.82, 2.24) is 0 Å². The Morgan fingerprint density at radius 1 is 1.50 bits per heavy atom. The number of aliphatic hydroxyl groups is 1. The van der Waals surface area contributed by atoms with Crippen LogP contribution in [0.25, 0.3) is 0 Å². The van der Waals surface area contributed by atoms with E-state index in [2.05, 4.69) is 20.4 Å². The van der Waals surface area contributed by atoms with Crippen molar-refractivity contribution in [3.8, 4) is 0 Å². The first kappa shape index (κ1) is 13.3. The molecular formula is C15H22O3. The molecule has 0 saturated heterocycles. The van der Waals surface area contributed by atoms with Crippen molar-refractivity contribution < 1.29 is 15.0 Å². The van der Waals surface area contributed by atoms with Gasteiger partial charge in [-0.1, -0.05) is 24.6 Å². The largest absolute Gasteiger partial charge is 0.478 e. The molecule has 2 aliphatic rings. The maximum absolute atomic E-state index is 11.0. The molecule has 18 heavy (non-hydrogen) atoms. The standard InChI is InChI=1S/C15H22O3/c1-9-5-4-6-15(3)8-13(16)11(7-12(9)15)10(2)14(17)18/h11,13,16H,2,4-8H2,1,3H3,(H,17,18)/t11-,13-,15-/m0/s1. The summed E-state index contributed by atoms with van der Waals surface area (Å²) in [4.78, 5) is 11.0. The smallest absolute Gasteiger partial charge is 0.331 e. The van der Waals surface area contributed by atoms with Crippen LogP contribution in [-0.4, -0.2) is 22.3 Å². The molecule has 3 nitrogen and oxygen atoms in total. The minimum absolute atomic E-state index is 0.0665. The molecule has 0 spiro atoms. The summed E-state index contributed by atoms with van der Waals surface area (Å²) < 4.78 is 0. The topological polar surface area (TPSA) is 57.5 Å². The second-order valence-electron chi connectivity index (χ2n) is 6.09. The van der Waals surface area contributed by atoms with E-state index >= 15 is 0 Å². The van der Waals surface area contributed by atoms with Crippen molar-refractivity contribution in [3.63, 3.8) is 0 Å². The molecule has 0 bridgehead atoms. The highest BCUT2D eigenvalue weighted by Crippen LogP contribution is 2.52. The van der Waals surface area contributed by atoms with Crippen LogP contribution in [0.4, 0.5) is 0 Å². The lowest BCUT2D eigenvalue weighted by molar-refractivity contribution is -0.134. The molecule has 1 fully saturated rings. The highest BCUT2D eigenvalue weighted by Gasteiger charge is 2.44. The third-order valence-corrected chi connectivity index (χ3v) is 4.79. The molecule has 0 aromatic carbocycles. The molecule has 0 aromatic rings. The molecule has 0 amide bonds. The third kappa shape index (κ3) is 2.12. The van der Waals surface area contributed by atoms with Gasteiger partial charge in [0.15, 0.2) is 0 Å². The second-order valence-corrected chi connectivity index (χ2v) is 6.09. The number of aliphatic hydroxyl groups excluding tert-OH is 1. The number of carboxylic acid groups (broad SMARTS) is 1. The van der Waals surface area contributed by atoms with Gasteiger partial charge < -0.3 is 10.2 Å². The van der Waals surface area contributed by atoms with E-state index in [4.69, 9.17) is 5.11 Å². The highest BCUT2D eigenvalue weighted by molar-refractivity contribution is 5.86. The van der Waals surface area contributed by atoms with Gasteiger partial charge in [0.1, 0.15) is 0 Å². The molecule has 0 aliphatic heterocycles. The Morgan fingerprint density at radius 2 is 2.17 bits per heavy atom. The van der Waals surface area contributed by atoms with Crippen LogP contribution in [0.15, 0.2) is 23.3 Å². The number of aliphatic carboxylic acids is 1. The molecular weight excluding hydrogens is 228 g/mol. The van der Waals surface area contributed by atoms with Gasteiger partial charge in [0.25, 0.3) is 0 Å². The molecule has 100 valence electrons. The molecule has 3 atom stereocenters. The van der Waals surface area contributed by atoms with Gasteiger partial charge in [-0.05, 0) is 44.4 Å². The lowest BCUT2D eigenvalue weighted by Gasteiger charge is -2.46. The van der Waals surface area contributed by atoms with E-state index in [1.165, 1.54) is 17.6 Å². The van der Waals surface area contributed by atoms with Crippen LogP contribution in [0.2, 0.25) is 0 Å². The van der Waals surface area contributed by atoms with E-state index in [9.17, 15) is 9.90 Å². The van der Waals surface area contributed by atoms with Crippen molar-refractivity contribution in [2.45, 2.75) is 52.1 Å². The summed E-state index contributed by atoms with van der Waals surface area (Å²) in [6.45, 7) is 7.98. The first-order chi connectivity index (χ1) is 8.35. The minimum atomic E-state index is -0.989. The Hall–Kier alpha value is -1.09. The summed E-state index contributed by atoms with van der Waals surface area (Å²) in [6, 6.07) is 0. The Kier molecular flexibility index (Phi) is 3.37. The monoisotopic (exact) mass is 250 g/mol. The number of allylic oxidation sites excluding steroid dienone is 2. The summed E-state index contributed by atoms with van der Waals surface area (Å²) in [6.07, 6.45) is 4.12. The van der Waals surface area contributed by atoms with Crippen LogP contribution in [0, 0.1) is 11.3 Å². The quantitative estimate of drug-likeness (QED) is 0.585. The van der Waals surface area contributed by atoms with Gasteiger partial charge in [0, 0.05) is 11.5 Å². The molecule has 3 heteroatoms. The summed E-state index contributed by atoms with van der Waals surface area (Å²) in [7, 11) is 0. The molecule has 2 aliphatic carbocycles. The highest BCUT2D eigenvalue weighted by atomic mass is 16.4. The fourth-order valence-corrected chi connectivity index (χ4v) is 3.68. The van der Waals surface area contributed by atoms with Crippen LogP contribution in [-0.2, 0) is 4.79 Å². The van der Waals surface area contributed by atoms with Gasteiger partial charge in [-0.2, -0.15) is 0 Å². The van der Waals surface area contributed by atoms with E-state index in [-0.39, 0.29) is 16.9 Å². The van der Waals surface area contributed by atoms with Gasteiger partial charge in [-0.3, -0.25) is 0 Å².